The van der Waals surface area contributed by atoms with Gasteiger partial charge in [0.15, 0.2) is 0 Å². The van der Waals surface area contributed by atoms with Gasteiger partial charge in [-0.05, 0) is 18.2 Å². The average molecular weight is 321 g/mol. The summed E-state index contributed by atoms with van der Waals surface area (Å²) in [6.07, 6.45) is -3.97. The molecule has 1 aromatic carbocycles. The minimum atomic E-state index is -4.45. The van der Waals surface area contributed by atoms with Crippen molar-refractivity contribution in [3.8, 4) is 0 Å². The van der Waals surface area contributed by atoms with Crippen LogP contribution in [0.3, 0.4) is 0 Å². The van der Waals surface area contributed by atoms with Crippen molar-refractivity contribution in [3.05, 3.63) is 23.2 Å². The van der Waals surface area contributed by atoms with E-state index in [4.69, 9.17) is 17.3 Å². The lowest BCUT2D eigenvalue weighted by atomic mass is 10.3. The van der Waals surface area contributed by atoms with Crippen LogP contribution in [0.15, 0.2) is 23.1 Å². The molecular weight excluding hydrogens is 312 g/mol. The molecule has 10 heteroatoms. The van der Waals surface area contributed by atoms with Crippen molar-refractivity contribution in [2.75, 3.05) is 12.3 Å². The number of halogens is 5. The van der Waals surface area contributed by atoms with Crippen molar-refractivity contribution in [3.63, 3.8) is 0 Å². The van der Waals surface area contributed by atoms with Crippen LogP contribution >= 0.6 is 11.6 Å². The Labute approximate surface area is 111 Å². The minimum absolute atomic E-state index is 0.0786. The van der Waals surface area contributed by atoms with Crippen LogP contribution in [0.2, 0.25) is 5.02 Å². The predicted molar refractivity (Wildman–Crippen MR) is 62.0 cm³/mol. The molecule has 1 aromatic rings. The highest BCUT2D eigenvalue weighted by Gasteiger charge is 2.41. The van der Waals surface area contributed by atoms with Gasteiger partial charge in [0, 0.05) is 0 Å². The summed E-state index contributed by atoms with van der Waals surface area (Å²) >= 11 is 5.56. The number of hydrogen-bond donors (Lipinski definition) is 2. The molecule has 19 heavy (non-hydrogen) atoms. The first kappa shape index (κ1) is 16.0. The second-order valence-corrected chi connectivity index (χ2v) is 5.74. The van der Waals surface area contributed by atoms with E-state index in [1.807, 2.05) is 0 Å². The van der Waals surface area contributed by atoms with Crippen LogP contribution in [0.5, 0.6) is 0 Å². The van der Waals surface area contributed by atoms with Crippen LogP contribution < -0.4 is 10.5 Å². The van der Waals surface area contributed by atoms with E-state index in [0.29, 0.717) is 0 Å². The van der Waals surface area contributed by atoms with Gasteiger partial charge in [-0.2, -0.15) is 8.78 Å². The lowest BCUT2D eigenvalue weighted by Gasteiger charge is -2.16. The Morgan fingerprint density at radius 3 is 2.42 bits per heavy atom. The molecule has 0 saturated carbocycles. The van der Waals surface area contributed by atoms with Crippen molar-refractivity contribution in [1.29, 1.82) is 0 Å². The first-order chi connectivity index (χ1) is 8.56. The van der Waals surface area contributed by atoms with Gasteiger partial charge in [0.25, 0.3) is 0 Å². The third-order valence-electron chi connectivity index (χ3n) is 2.09. The fourth-order valence-electron chi connectivity index (χ4n) is 1.04. The predicted octanol–water partition coefficient (Wildman–Crippen LogP) is 2.10. The van der Waals surface area contributed by atoms with Crippen molar-refractivity contribution >= 4 is 27.3 Å². The van der Waals surface area contributed by atoms with E-state index in [0.717, 1.165) is 18.2 Å². The number of benzene rings is 1. The minimum Gasteiger partial charge on any atom is -0.397 e. The van der Waals surface area contributed by atoms with Gasteiger partial charge in [-0.1, -0.05) is 11.6 Å². The van der Waals surface area contributed by atoms with Gasteiger partial charge in [0.2, 0.25) is 10.0 Å². The number of nitrogens with one attached hydrogen (secondary N) is 1. The van der Waals surface area contributed by atoms with Crippen LogP contribution in [0.1, 0.15) is 0 Å². The maximum Gasteiger partial charge on any atom is 0.320 e. The lowest BCUT2D eigenvalue weighted by Crippen LogP contribution is -2.41. The zero-order valence-corrected chi connectivity index (χ0v) is 10.8. The van der Waals surface area contributed by atoms with Crippen molar-refractivity contribution in [2.24, 2.45) is 0 Å². The summed E-state index contributed by atoms with van der Waals surface area (Å²) in [7, 11) is -4.37. The molecule has 0 saturated heterocycles. The van der Waals surface area contributed by atoms with E-state index in [9.17, 15) is 26.0 Å². The van der Waals surface area contributed by atoms with E-state index >= 15 is 0 Å². The Morgan fingerprint density at radius 2 is 1.95 bits per heavy atom. The molecule has 0 amide bonds. The first-order valence-electron chi connectivity index (χ1n) is 4.77. The number of anilines is 1. The number of alkyl halides is 4. The highest BCUT2D eigenvalue weighted by molar-refractivity contribution is 7.89. The maximum absolute atomic E-state index is 12.6. The second kappa shape index (κ2) is 5.51. The number of nitrogens with two attached hydrogens (primary N) is 1. The van der Waals surface area contributed by atoms with Gasteiger partial charge in [-0.25, -0.2) is 21.9 Å². The van der Waals surface area contributed by atoms with E-state index in [1.54, 1.807) is 0 Å². The van der Waals surface area contributed by atoms with Crippen molar-refractivity contribution < 1.29 is 26.0 Å². The van der Waals surface area contributed by atoms with Crippen LogP contribution in [0, 0.1) is 0 Å². The van der Waals surface area contributed by atoms with E-state index in [-0.39, 0.29) is 10.7 Å². The Kier molecular flexibility index (Phi) is 4.64. The molecule has 108 valence electrons. The molecule has 0 aliphatic heterocycles. The first-order valence-corrected chi connectivity index (χ1v) is 6.63. The van der Waals surface area contributed by atoms with E-state index in [1.165, 1.54) is 4.72 Å². The van der Waals surface area contributed by atoms with Crippen molar-refractivity contribution in [1.82, 2.24) is 4.72 Å². The largest absolute Gasteiger partial charge is 0.397 e. The summed E-state index contributed by atoms with van der Waals surface area (Å²) in [6.45, 7) is -1.71. The standard InChI is InChI=1S/C9H9ClF4N2O2S/c10-6-2-1-5(3-7(6)15)19(17,18)16-4-9(13,14)8(11)12/h1-3,8,16H,4,15H2. The molecule has 4 nitrogen and oxygen atoms in total. The Hall–Kier alpha value is -1.06. The molecule has 1 rings (SSSR count). The normalized spacial score (nSPS) is 12.9. The van der Waals surface area contributed by atoms with Gasteiger partial charge >= 0.3 is 12.3 Å². The van der Waals surface area contributed by atoms with Crippen LogP contribution in [0.4, 0.5) is 23.2 Å². The number of nitrogen functional groups attached to an aromatic ring is 1. The van der Waals surface area contributed by atoms with Crippen LogP contribution in [-0.2, 0) is 10.0 Å². The fourth-order valence-corrected chi connectivity index (χ4v) is 2.24. The van der Waals surface area contributed by atoms with Gasteiger partial charge < -0.3 is 5.73 Å². The summed E-state index contributed by atoms with van der Waals surface area (Å²) in [5.41, 5.74) is 5.28. The fraction of sp³-hybridized carbons (Fsp3) is 0.333. The highest BCUT2D eigenvalue weighted by atomic mass is 35.5. The van der Waals surface area contributed by atoms with Gasteiger partial charge in [0.1, 0.15) is 0 Å². The van der Waals surface area contributed by atoms with E-state index in [2.05, 4.69) is 0 Å². The number of rotatable bonds is 5. The molecule has 0 bridgehead atoms. The quantitative estimate of drug-likeness (QED) is 0.644. The lowest BCUT2D eigenvalue weighted by molar-refractivity contribution is -0.122. The Bertz CT molecular complexity index is 565. The summed E-state index contributed by atoms with van der Waals surface area (Å²) in [6, 6.07) is 3.10. The zero-order valence-electron chi connectivity index (χ0n) is 9.21. The summed E-state index contributed by atoms with van der Waals surface area (Å²) in [4.78, 5) is -0.445. The molecule has 0 fully saturated rings. The van der Waals surface area contributed by atoms with Gasteiger partial charge in [-0.3, -0.25) is 0 Å². The molecule has 0 aliphatic rings. The highest BCUT2D eigenvalue weighted by Crippen LogP contribution is 2.24. The van der Waals surface area contributed by atoms with E-state index < -0.39 is 33.8 Å². The van der Waals surface area contributed by atoms with Crippen LogP contribution in [-0.4, -0.2) is 27.3 Å². The number of sulfonamides is 1. The average Bonchev–Trinajstić information content (AvgIpc) is 2.30. The van der Waals surface area contributed by atoms with Crippen LogP contribution in [0.25, 0.3) is 0 Å². The second-order valence-electron chi connectivity index (χ2n) is 3.57. The Morgan fingerprint density at radius 1 is 1.37 bits per heavy atom. The maximum atomic E-state index is 12.6. The SMILES string of the molecule is Nc1cc(S(=O)(=O)NCC(F)(F)C(F)F)ccc1Cl. The zero-order chi connectivity index (χ0) is 14.8. The van der Waals surface area contributed by atoms with Gasteiger partial charge in [-0.15, -0.1) is 0 Å². The molecular formula is C9H9ClF4N2O2S. The molecule has 0 heterocycles. The molecule has 3 N–H and O–H groups in total. The molecule has 0 aliphatic carbocycles. The third kappa shape index (κ3) is 3.95. The van der Waals surface area contributed by atoms with Crippen molar-refractivity contribution in [2.45, 2.75) is 17.2 Å². The third-order valence-corrected chi connectivity index (χ3v) is 3.84. The molecule has 0 unspecified atom stereocenters. The number of hydrogen-bond acceptors (Lipinski definition) is 3. The molecule has 0 spiro atoms. The monoisotopic (exact) mass is 320 g/mol. The smallest absolute Gasteiger partial charge is 0.320 e. The molecule has 0 radical (unpaired) electrons. The molecule has 0 aromatic heterocycles. The summed E-state index contributed by atoms with van der Waals surface area (Å²) < 4.78 is 73.5. The summed E-state index contributed by atoms with van der Waals surface area (Å²) in [5, 5.41) is 0.0804. The topological polar surface area (TPSA) is 72.2 Å². The Balaban J connectivity index is 2.90. The van der Waals surface area contributed by atoms with Gasteiger partial charge in [0.05, 0.1) is 22.2 Å². The summed E-state index contributed by atoms with van der Waals surface area (Å²) in [5.74, 6) is -4.45. The molecule has 0 atom stereocenters.